The zero-order chi connectivity index (χ0) is 23.8. The highest BCUT2D eigenvalue weighted by Crippen LogP contribution is 2.45. The Morgan fingerprint density at radius 2 is 1.89 bits per heavy atom. The summed E-state index contributed by atoms with van der Waals surface area (Å²) in [5.41, 5.74) is 3.10. The van der Waals surface area contributed by atoms with Gasteiger partial charge >= 0.3 is 0 Å². The number of hydrogen-bond acceptors (Lipinski definition) is 5. The Hall–Kier alpha value is -2.67. The Morgan fingerprint density at radius 1 is 1.06 bits per heavy atom. The van der Waals surface area contributed by atoms with Crippen molar-refractivity contribution >= 4 is 27.3 Å². The number of rotatable bonds is 7. The summed E-state index contributed by atoms with van der Waals surface area (Å²) in [7, 11) is 0. The molecule has 3 aromatic rings. The van der Waals surface area contributed by atoms with Gasteiger partial charge in [0.15, 0.2) is 5.76 Å². The predicted octanol–water partition coefficient (Wildman–Crippen LogP) is 5.63. The molecule has 3 aliphatic rings. The van der Waals surface area contributed by atoms with Crippen molar-refractivity contribution in [2.75, 3.05) is 0 Å². The Balaban J connectivity index is 1.22. The third-order valence-electron chi connectivity index (χ3n) is 7.89. The smallest absolute Gasteiger partial charge is 0.286 e. The number of ether oxygens (including phenoxy) is 2. The summed E-state index contributed by atoms with van der Waals surface area (Å²) in [5.74, 6) is 1.68. The summed E-state index contributed by atoms with van der Waals surface area (Å²) < 4.78 is 13.6. The van der Waals surface area contributed by atoms with E-state index in [4.69, 9.17) is 9.47 Å². The number of benzene rings is 2. The topological polar surface area (TPSA) is 67.8 Å². The zero-order valence-corrected chi connectivity index (χ0v) is 20.5. The molecule has 2 aromatic carbocycles. The van der Waals surface area contributed by atoms with Crippen molar-refractivity contribution in [3.63, 3.8) is 0 Å². The third kappa shape index (κ3) is 4.75. The van der Waals surface area contributed by atoms with E-state index >= 15 is 0 Å². The van der Waals surface area contributed by atoms with E-state index in [1.54, 1.807) is 11.3 Å². The van der Waals surface area contributed by atoms with Gasteiger partial charge in [-0.25, -0.2) is 0 Å². The number of amides is 1. The van der Waals surface area contributed by atoms with Gasteiger partial charge in [-0.2, -0.15) is 0 Å². The van der Waals surface area contributed by atoms with Gasteiger partial charge < -0.3 is 19.9 Å². The number of carbonyl (C=O) groups excluding carboxylic acids is 1. The lowest BCUT2D eigenvalue weighted by Gasteiger charge is -2.30. The monoisotopic (exact) mass is 489 g/mol. The van der Waals surface area contributed by atoms with Crippen molar-refractivity contribution in [1.29, 1.82) is 0 Å². The van der Waals surface area contributed by atoms with Gasteiger partial charge in [-0.3, -0.25) is 4.79 Å². The Kier molecular flexibility index (Phi) is 6.35. The molecule has 2 N–H and O–H groups in total. The molecule has 2 fully saturated rings. The average molecular weight is 490 g/mol. The van der Waals surface area contributed by atoms with Gasteiger partial charge in [0, 0.05) is 23.1 Å². The molecule has 1 amide bonds. The first-order valence-electron chi connectivity index (χ1n) is 12.6. The van der Waals surface area contributed by atoms with Crippen LogP contribution in [-0.4, -0.2) is 23.3 Å². The summed E-state index contributed by atoms with van der Waals surface area (Å²) >= 11 is 1.73. The molecule has 3 unspecified atom stereocenters. The standard InChI is InChI=1S/C29H31NO4S/c31-15-18-5-7-19(8-6-18)16-33-28-14-22(24-17-35-27-4-2-1-3-23(24)27)13-26(34-28)29(32)30-25-12-20-9-10-21(25)11-20/h1-8,13,17,20-22,25,28,31H,9-12,14-16H2,(H,30,32)/t20?,21?,22-,25?,28+/m0/s1. The molecule has 0 radical (unpaired) electrons. The Bertz CT molecular complexity index is 1230. The minimum absolute atomic E-state index is 0.0228. The Labute approximate surface area is 209 Å². The average Bonchev–Trinajstić information content (AvgIpc) is 3.63. The van der Waals surface area contributed by atoms with Crippen molar-refractivity contribution in [1.82, 2.24) is 5.32 Å². The maximum atomic E-state index is 13.3. The van der Waals surface area contributed by atoms with Crippen molar-refractivity contribution in [2.24, 2.45) is 11.8 Å². The second-order valence-corrected chi connectivity index (χ2v) is 11.1. The quantitative estimate of drug-likeness (QED) is 0.451. The number of fused-ring (bicyclic) bond motifs is 3. The van der Waals surface area contributed by atoms with Gasteiger partial charge in [0.05, 0.1) is 13.2 Å². The summed E-state index contributed by atoms with van der Waals surface area (Å²) in [4.78, 5) is 13.3. The molecular formula is C29H31NO4S. The first-order chi connectivity index (χ1) is 17.2. The molecule has 1 aromatic heterocycles. The van der Waals surface area contributed by atoms with E-state index in [0.29, 0.717) is 24.7 Å². The SMILES string of the molecule is O=C(NC1CC2CCC1C2)C1=C[C@H](c2csc3ccccc23)C[C@H](OCc2ccc(CO)cc2)O1. The van der Waals surface area contributed by atoms with Crippen LogP contribution in [0.4, 0.5) is 0 Å². The largest absolute Gasteiger partial charge is 0.459 e. The lowest BCUT2D eigenvalue weighted by Crippen LogP contribution is -2.41. The molecule has 0 saturated heterocycles. The minimum atomic E-state index is -0.512. The van der Waals surface area contributed by atoms with Crippen molar-refractivity contribution in [3.05, 3.63) is 82.4 Å². The van der Waals surface area contributed by atoms with Gasteiger partial charge in [-0.15, -0.1) is 11.3 Å². The maximum absolute atomic E-state index is 13.3. The number of thiophene rings is 1. The highest BCUT2D eigenvalue weighted by atomic mass is 32.1. The van der Waals surface area contributed by atoms with Crippen molar-refractivity contribution in [2.45, 2.75) is 63.6 Å². The van der Waals surface area contributed by atoms with Crippen LogP contribution in [0.15, 0.2) is 65.7 Å². The molecule has 2 aliphatic carbocycles. The third-order valence-corrected chi connectivity index (χ3v) is 8.87. The van der Waals surface area contributed by atoms with Crippen LogP contribution < -0.4 is 5.32 Å². The molecule has 2 bridgehead atoms. The molecule has 35 heavy (non-hydrogen) atoms. The van der Waals surface area contributed by atoms with E-state index in [0.717, 1.165) is 23.5 Å². The predicted molar refractivity (Wildman–Crippen MR) is 137 cm³/mol. The lowest BCUT2D eigenvalue weighted by atomic mass is 9.92. The van der Waals surface area contributed by atoms with E-state index in [9.17, 15) is 9.90 Å². The molecule has 5 atom stereocenters. The van der Waals surface area contributed by atoms with Gasteiger partial charge in [-0.05, 0) is 70.7 Å². The van der Waals surface area contributed by atoms with Crippen molar-refractivity contribution in [3.8, 4) is 0 Å². The molecule has 2 saturated carbocycles. The fourth-order valence-corrected chi connectivity index (χ4v) is 7.04. The highest BCUT2D eigenvalue weighted by Gasteiger charge is 2.41. The summed E-state index contributed by atoms with van der Waals surface area (Å²) in [6.07, 6.45) is 6.99. The zero-order valence-electron chi connectivity index (χ0n) is 19.7. The van der Waals surface area contributed by atoms with E-state index in [1.165, 1.54) is 34.9 Å². The van der Waals surface area contributed by atoms with Crippen LogP contribution in [0.5, 0.6) is 0 Å². The molecule has 1 aliphatic heterocycles. The summed E-state index contributed by atoms with van der Waals surface area (Å²) in [6.45, 7) is 0.407. The first kappa shape index (κ1) is 22.8. The van der Waals surface area contributed by atoms with Crippen molar-refractivity contribution < 1.29 is 19.4 Å². The van der Waals surface area contributed by atoms with E-state index in [2.05, 4.69) is 35.0 Å². The molecule has 2 heterocycles. The van der Waals surface area contributed by atoms with Crippen LogP contribution in [0.3, 0.4) is 0 Å². The minimum Gasteiger partial charge on any atom is -0.459 e. The first-order valence-corrected chi connectivity index (χ1v) is 13.5. The number of aliphatic hydroxyl groups excluding tert-OH is 1. The number of aliphatic hydroxyl groups is 1. The number of nitrogens with one attached hydrogen (secondary N) is 1. The van der Waals surface area contributed by atoms with Gasteiger partial charge in [0.1, 0.15) is 0 Å². The molecule has 6 heteroatoms. The fraction of sp³-hybridized carbons (Fsp3) is 0.414. The lowest BCUT2D eigenvalue weighted by molar-refractivity contribution is -0.150. The van der Waals surface area contributed by atoms with Gasteiger partial charge in [0.2, 0.25) is 6.29 Å². The van der Waals surface area contributed by atoms with Crippen LogP contribution in [0.25, 0.3) is 10.1 Å². The van der Waals surface area contributed by atoms with E-state index in [1.807, 2.05) is 30.3 Å². The van der Waals surface area contributed by atoms with Crippen LogP contribution in [-0.2, 0) is 27.5 Å². The van der Waals surface area contributed by atoms with Gasteiger partial charge in [0.25, 0.3) is 5.91 Å². The van der Waals surface area contributed by atoms with E-state index < -0.39 is 6.29 Å². The molecule has 182 valence electrons. The Morgan fingerprint density at radius 3 is 2.66 bits per heavy atom. The second-order valence-electron chi connectivity index (χ2n) is 10.1. The summed E-state index contributed by atoms with van der Waals surface area (Å²) in [6, 6.07) is 16.4. The fourth-order valence-electron chi connectivity index (χ4n) is 6.01. The summed E-state index contributed by atoms with van der Waals surface area (Å²) in [5, 5.41) is 16.0. The number of hydrogen-bond donors (Lipinski definition) is 2. The van der Waals surface area contributed by atoms with Crippen LogP contribution in [0, 0.1) is 11.8 Å². The molecular weight excluding hydrogens is 458 g/mol. The van der Waals surface area contributed by atoms with Crippen LogP contribution in [0.2, 0.25) is 0 Å². The number of allylic oxidation sites excluding steroid dienone is 1. The van der Waals surface area contributed by atoms with Crippen LogP contribution in [0.1, 0.15) is 54.7 Å². The van der Waals surface area contributed by atoms with Crippen LogP contribution >= 0.6 is 11.3 Å². The highest BCUT2D eigenvalue weighted by molar-refractivity contribution is 7.17. The van der Waals surface area contributed by atoms with E-state index in [-0.39, 0.29) is 24.5 Å². The maximum Gasteiger partial charge on any atom is 0.286 e. The molecule has 6 rings (SSSR count). The number of carbonyl (C=O) groups is 1. The molecule has 5 nitrogen and oxygen atoms in total. The normalized spacial score (nSPS) is 27.6. The second kappa shape index (κ2) is 9.76. The molecule has 0 spiro atoms. The van der Waals surface area contributed by atoms with Gasteiger partial charge in [-0.1, -0.05) is 48.9 Å².